The average Bonchev–Trinajstić information content (AvgIpc) is 2.39. The summed E-state index contributed by atoms with van der Waals surface area (Å²) in [6.07, 6.45) is 0. The van der Waals surface area contributed by atoms with Crippen molar-refractivity contribution in [1.82, 2.24) is 4.90 Å². The molecule has 1 saturated heterocycles. The van der Waals surface area contributed by atoms with Gasteiger partial charge < -0.3 is 9.84 Å². The molecule has 1 heterocycles. The second-order valence-corrected chi connectivity index (χ2v) is 6.36. The van der Waals surface area contributed by atoms with Crippen LogP contribution in [-0.4, -0.2) is 42.9 Å². The first-order valence-electron chi connectivity index (χ1n) is 7.01. The van der Waals surface area contributed by atoms with Crippen LogP contribution in [0.15, 0.2) is 30.3 Å². The van der Waals surface area contributed by atoms with Crippen LogP contribution in [0.1, 0.15) is 26.3 Å². The lowest BCUT2D eigenvalue weighted by atomic mass is 9.72. The first-order valence-corrected chi connectivity index (χ1v) is 7.01. The molecular formula is C16H25NO2. The molecule has 1 fully saturated rings. The minimum atomic E-state index is -0.842. The first-order chi connectivity index (χ1) is 8.93. The van der Waals surface area contributed by atoms with E-state index in [2.05, 4.69) is 25.7 Å². The van der Waals surface area contributed by atoms with Gasteiger partial charge in [-0.2, -0.15) is 0 Å². The third-order valence-electron chi connectivity index (χ3n) is 4.05. The van der Waals surface area contributed by atoms with Crippen molar-refractivity contribution in [3.05, 3.63) is 35.9 Å². The number of nitrogens with zero attached hydrogens (tertiary/aromatic N) is 1. The maximum absolute atomic E-state index is 11.3. The fourth-order valence-electron chi connectivity index (χ4n) is 2.56. The molecule has 1 aliphatic heterocycles. The lowest BCUT2D eigenvalue weighted by molar-refractivity contribution is -0.0997. The molecule has 0 aromatic heterocycles. The van der Waals surface area contributed by atoms with Crippen LogP contribution in [0.3, 0.4) is 0 Å². The molecule has 3 nitrogen and oxygen atoms in total. The topological polar surface area (TPSA) is 32.7 Å². The van der Waals surface area contributed by atoms with E-state index in [4.69, 9.17) is 4.74 Å². The molecule has 1 unspecified atom stereocenters. The Kier molecular flexibility index (Phi) is 4.29. The van der Waals surface area contributed by atoms with Crippen molar-refractivity contribution in [1.29, 1.82) is 0 Å². The highest BCUT2D eigenvalue weighted by Gasteiger charge is 2.42. The predicted octanol–water partition coefficient (Wildman–Crippen LogP) is 2.25. The van der Waals surface area contributed by atoms with Crippen molar-refractivity contribution >= 4 is 0 Å². The maximum Gasteiger partial charge on any atom is 0.107 e. The molecule has 0 aliphatic carbocycles. The van der Waals surface area contributed by atoms with Crippen LogP contribution in [0.2, 0.25) is 0 Å². The third kappa shape index (κ3) is 3.16. The summed E-state index contributed by atoms with van der Waals surface area (Å²) in [5, 5.41) is 11.3. The van der Waals surface area contributed by atoms with Gasteiger partial charge >= 0.3 is 0 Å². The third-order valence-corrected chi connectivity index (χ3v) is 4.05. The molecule has 1 atom stereocenters. The normalized spacial score (nSPS) is 21.1. The van der Waals surface area contributed by atoms with Crippen molar-refractivity contribution in [2.24, 2.45) is 5.41 Å². The van der Waals surface area contributed by atoms with Gasteiger partial charge in [-0.25, -0.2) is 0 Å². The van der Waals surface area contributed by atoms with E-state index in [0.29, 0.717) is 6.54 Å². The van der Waals surface area contributed by atoms with Gasteiger partial charge in [0, 0.05) is 19.6 Å². The Labute approximate surface area is 116 Å². The molecule has 0 spiro atoms. The van der Waals surface area contributed by atoms with E-state index >= 15 is 0 Å². The van der Waals surface area contributed by atoms with Gasteiger partial charge in [0.2, 0.25) is 0 Å². The highest BCUT2D eigenvalue weighted by molar-refractivity contribution is 5.25. The lowest BCUT2D eigenvalue weighted by Crippen LogP contribution is -2.52. The Bertz CT molecular complexity index is 393. The Balaban J connectivity index is 2.25. The molecule has 19 heavy (non-hydrogen) atoms. The highest BCUT2D eigenvalue weighted by atomic mass is 16.5. The van der Waals surface area contributed by atoms with E-state index in [1.807, 2.05) is 30.3 Å². The predicted molar refractivity (Wildman–Crippen MR) is 77.1 cm³/mol. The number of hydrogen-bond acceptors (Lipinski definition) is 3. The van der Waals surface area contributed by atoms with E-state index in [0.717, 1.165) is 31.9 Å². The summed E-state index contributed by atoms with van der Waals surface area (Å²) in [6, 6.07) is 10.0. The van der Waals surface area contributed by atoms with Crippen molar-refractivity contribution in [3.8, 4) is 0 Å². The van der Waals surface area contributed by atoms with Gasteiger partial charge in [0.05, 0.1) is 13.2 Å². The SMILES string of the molecule is CC(C)(C)C(O)(CN1CCOCC1)c1ccccc1. The maximum atomic E-state index is 11.3. The van der Waals surface area contributed by atoms with Gasteiger partial charge in [-0.3, -0.25) is 4.90 Å². The number of benzene rings is 1. The summed E-state index contributed by atoms with van der Waals surface area (Å²) < 4.78 is 5.38. The largest absolute Gasteiger partial charge is 0.383 e. The van der Waals surface area contributed by atoms with Crippen LogP contribution in [0.4, 0.5) is 0 Å². The van der Waals surface area contributed by atoms with Crippen molar-refractivity contribution < 1.29 is 9.84 Å². The Hall–Kier alpha value is -0.900. The quantitative estimate of drug-likeness (QED) is 0.908. The molecule has 2 rings (SSSR count). The van der Waals surface area contributed by atoms with E-state index in [1.165, 1.54) is 0 Å². The number of morpholine rings is 1. The van der Waals surface area contributed by atoms with E-state index in [9.17, 15) is 5.11 Å². The van der Waals surface area contributed by atoms with Gasteiger partial charge in [0.15, 0.2) is 0 Å². The van der Waals surface area contributed by atoms with Gasteiger partial charge in [-0.15, -0.1) is 0 Å². The minimum Gasteiger partial charge on any atom is -0.383 e. The molecule has 1 aromatic carbocycles. The fourth-order valence-corrected chi connectivity index (χ4v) is 2.56. The molecule has 0 radical (unpaired) electrons. The zero-order valence-electron chi connectivity index (χ0n) is 12.2. The van der Waals surface area contributed by atoms with Crippen LogP contribution in [-0.2, 0) is 10.3 Å². The van der Waals surface area contributed by atoms with Gasteiger partial charge in [-0.1, -0.05) is 51.1 Å². The van der Waals surface area contributed by atoms with Crippen LogP contribution in [0.5, 0.6) is 0 Å². The zero-order chi connectivity index (χ0) is 13.9. The van der Waals surface area contributed by atoms with Gasteiger partial charge in [0.1, 0.15) is 5.60 Å². The van der Waals surface area contributed by atoms with Crippen molar-refractivity contribution in [2.75, 3.05) is 32.8 Å². The molecule has 1 aliphatic rings. The molecule has 3 heteroatoms. The van der Waals surface area contributed by atoms with Gasteiger partial charge in [0.25, 0.3) is 0 Å². The number of rotatable bonds is 3. The summed E-state index contributed by atoms with van der Waals surface area (Å²) in [7, 11) is 0. The lowest BCUT2D eigenvalue weighted by Gasteiger charge is -2.44. The molecule has 106 valence electrons. The number of ether oxygens (including phenoxy) is 1. The number of β-amino-alcohol motifs (C(OH)–C–C–N with tert-alkyl or cyclic N) is 1. The summed E-state index contributed by atoms with van der Waals surface area (Å²) in [5.74, 6) is 0. The summed E-state index contributed by atoms with van der Waals surface area (Å²) in [5.41, 5.74) is -0.0628. The second-order valence-electron chi connectivity index (χ2n) is 6.36. The van der Waals surface area contributed by atoms with E-state index in [-0.39, 0.29) is 5.41 Å². The summed E-state index contributed by atoms with van der Waals surface area (Å²) >= 11 is 0. The van der Waals surface area contributed by atoms with Crippen molar-refractivity contribution in [2.45, 2.75) is 26.4 Å². The summed E-state index contributed by atoms with van der Waals surface area (Å²) in [4.78, 5) is 2.29. The smallest absolute Gasteiger partial charge is 0.107 e. The summed E-state index contributed by atoms with van der Waals surface area (Å²) in [6.45, 7) is 10.3. The van der Waals surface area contributed by atoms with Crippen molar-refractivity contribution in [3.63, 3.8) is 0 Å². The molecule has 0 bridgehead atoms. The standard InChI is InChI=1S/C16H25NO2/c1-15(2,3)16(18,14-7-5-4-6-8-14)13-17-9-11-19-12-10-17/h4-8,18H,9-13H2,1-3H3. The second kappa shape index (κ2) is 5.61. The number of aliphatic hydroxyl groups is 1. The Morgan fingerprint density at radius 1 is 1.11 bits per heavy atom. The fraction of sp³-hybridized carbons (Fsp3) is 0.625. The highest BCUT2D eigenvalue weighted by Crippen LogP contribution is 2.40. The molecule has 1 N–H and O–H groups in total. The van der Waals surface area contributed by atoms with E-state index in [1.54, 1.807) is 0 Å². The Morgan fingerprint density at radius 2 is 1.68 bits per heavy atom. The van der Waals surface area contributed by atoms with Crippen LogP contribution < -0.4 is 0 Å². The average molecular weight is 263 g/mol. The minimum absolute atomic E-state index is 0.216. The van der Waals surface area contributed by atoms with Gasteiger partial charge in [-0.05, 0) is 11.0 Å². The van der Waals surface area contributed by atoms with Crippen LogP contribution in [0.25, 0.3) is 0 Å². The van der Waals surface area contributed by atoms with Crippen LogP contribution >= 0.6 is 0 Å². The Morgan fingerprint density at radius 3 is 2.21 bits per heavy atom. The zero-order valence-corrected chi connectivity index (χ0v) is 12.2. The van der Waals surface area contributed by atoms with Crippen LogP contribution in [0, 0.1) is 5.41 Å². The molecule has 0 amide bonds. The molecule has 0 saturated carbocycles. The number of hydrogen-bond donors (Lipinski definition) is 1. The first kappa shape index (κ1) is 14.5. The molecular weight excluding hydrogens is 238 g/mol. The monoisotopic (exact) mass is 263 g/mol. The van der Waals surface area contributed by atoms with E-state index < -0.39 is 5.60 Å². The molecule has 1 aromatic rings.